The van der Waals surface area contributed by atoms with Crippen molar-refractivity contribution in [3.05, 3.63) is 53.2 Å². The Morgan fingerprint density at radius 2 is 2.09 bits per heavy atom. The van der Waals surface area contributed by atoms with Gasteiger partial charge in [-0.3, -0.25) is 0 Å². The lowest BCUT2D eigenvalue weighted by Crippen LogP contribution is -2.36. The summed E-state index contributed by atoms with van der Waals surface area (Å²) < 4.78 is 17.2. The minimum absolute atomic E-state index is 0. The number of benzene rings is 1. The van der Waals surface area contributed by atoms with E-state index in [0.29, 0.717) is 31.5 Å². The van der Waals surface area contributed by atoms with E-state index in [0.717, 1.165) is 49.0 Å². The van der Waals surface area contributed by atoms with Gasteiger partial charge in [0.15, 0.2) is 5.96 Å². The van der Waals surface area contributed by atoms with Crippen molar-refractivity contribution in [2.24, 2.45) is 10.9 Å². The predicted molar refractivity (Wildman–Crippen MR) is 143 cm³/mol. The highest BCUT2D eigenvalue weighted by molar-refractivity contribution is 14.0. The minimum Gasteiger partial charge on any atom is -0.493 e. The zero-order chi connectivity index (χ0) is 22.8. The van der Waals surface area contributed by atoms with Crippen LogP contribution in [-0.4, -0.2) is 43.4 Å². The molecule has 1 atom stereocenters. The van der Waals surface area contributed by atoms with Crippen molar-refractivity contribution >= 4 is 29.9 Å². The van der Waals surface area contributed by atoms with Gasteiger partial charge < -0.3 is 24.8 Å². The second-order valence-electron chi connectivity index (χ2n) is 8.37. The highest BCUT2D eigenvalue weighted by Crippen LogP contribution is 2.22. The zero-order valence-corrected chi connectivity index (χ0v) is 22.4. The number of nitrogens with one attached hydrogen (secondary N) is 2. The number of rotatable bonds is 10. The van der Waals surface area contributed by atoms with Gasteiger partial charge in [0, 0.05) is 43.4 Å². The molecule has 1 saturated heterocycles. The Hall–Kier alpha value is -2.07. The van der Waals surface area contributed by atoms with Crippen LogP contribution in [-0.2, 0) is 17.8 Å². The van der Waals surface area contributed by atoms with Crippen LogP contribution in [0.4, 0.5) is 0 Å². The maximum atomic E-state index is 6.16. The SMILES string of the molecule is CCNC(=NCc1ccc(OC(C)C)nc1)NCc1ccc(C)cc1OCC1CCOC1.I. The first kappa shape index (κ1) is 27.2. The third-order valence-corrected chi connectivity index (χ3v) is 5.09. The van der Waals surface area contributed by atoms with E-state index in [9.17, 15) is 0 Å². The molecule has 0 spiro atoms. The zero-order valence-electron chi connectivity index (χ0n) is 20.1. The Morgan fingerprint density at radius 1 is 1.24 bits per heavy atom. The molecule has 1 fully saturated rings. The average Bonchev–Trinajstić information content (AvgIpc) is 3.29. The number of hydrogen-bond acceptors (Lipinski definition) is 5. The number of hydrogen-bond donors (Lipinski definition) is 2. The summed E-state index contributed by atoms with van der Waals surface area (Å²) in [6, 6.07) is 10.2. The molecule has 0 aliphatic carbocycles. The fourth-order valence-corrected chi connectivity index (χ4v) is 3.37. The van der Waals surface area contributed by atoms with E-state index in [2.05, 4.69) is 47.7 Å². The van der Waals surface area contributed by atoms with Crippen LogP contribution >= 0.6 is 24.0 Å². The van der Waals surface area contributed by atoms with E-state index in [1.54, 1.807) is 0 Å². The van der Waals surface area contributed by atoms with Crippen LogP contribution < -0.4 is 20.1 Å². The van der Waals surface area contributed by atoms with Gasteiger partial charge >= 0.3 is 0 Å². The van der Waals surface area contributed by atoms with E-state index in [1.165, 1.54) is 5.56 Å². The van der Waals surface area contributed by atoms with Crippen LogP contribution in [0.2, 0.25) is 0 Å². The largest absolute Gasteiger partial charge is 0.493 e. The molecule has 0 bridgehead atoms. The molecule has 1 aromatic heterocycles. The highest BCUT2D eigenvalue weighted by atomic mass is 127. The van der Waals surface area contributed by atoms with Crippen molar-refractivity contribution in [2.75, 3.05) is 26.4 Å². The molecule has 3 rings (SSSR count). The third kappa shape index (κ3) is 9.37. The van der Waals surface area contributed by atoms with Crippen LogP contribution in [0.1, 0.15) is 43.9 Å². The van der Waals surface area contributed by atoms with Crippen LogP contribution in [0, 0.1) is 12.8 Å². The Labute approximate surface area is 214 Å². The van der Waals surface area contributed by atoms with Crippen LogP contribution in [0.25, 0.3) is 0 Å². The molecule has 1 aliphatic rings. The van der Waals surface area contributed by atoms with Crippen molar-refractivity contribution in [2.45, 2.75) is 53.3 Å². The average molecular weight is 569 g/mol. The van der Waals surface area contributed by atoms with Crippen molar-refractivity contribution < 1.29 is 14.2 Å². The van der Waals surface area contributed by atoms with E-state index < -0.39 is 0 Å². The topological polar surface area (TPSA) is 77.0 Å². The molecule has 8 heteroatoms. The van der Waals surface area contributed by atoms with Crippen molar-refractivity contribution in [1.82, 2.24) is 15.6 Å². The van der Waals surface area contributed by atoms with Gasteiger partial charge in [0.05, 0.1) is 25.9 Å². The number of aliphatic imine (C=N–C) groups is 1. The van der Waals surface area contributed by atoms with Crippen molar-refractivity contribution in [3.63, 3.8) is 0 Å². The summed E-state index contributed by atoms with van der Waals surface area (Å²) in [7, 11) is 0. The number of aryl methyl sites for hydroxylation is 1. The third-order valence-electron chi connectivity index (χ3n) is 5.09. The molecule has 2 aromatic rings. The molecule has 7 nitrogen and oxygen atoms in total. The lowest BCUT2D eigenvalue weighted by molar-refractivity contribution is 0.166. The predicted octanol–water partition coefficient (Wildman–Crippen LogP) is 4.47. The van der Waals surface area contributed by atoms with Gasteiger partial charge in [-0.2, -0.15) is 0 Å². The summed E-state index contributed by atoms with van der Waals surface area (Å²) in [6.45, 7) is 12.4. The van der Waals surface area contributed by atoms with E-state index >= 15 is 0 Å². The first-order valence-electron chi connectivity index (χ1n) is 11.5. The number of halogens is 1. The second kappa shape index (κ2) is 14.2. The molecule has 2 N–H and O–H groups in total. The number of nitrogens with zero attached hydrogens (tertiary/aromatic N) is 2. The molecular formula is C25H37IN4O3. The lowest BCUT2D eigenvalue weighted by atomic mass is 10.1. The van der Waals surface area contributed by atoms with Crippen LogP contribution in [0.15, 0.2) is 41.5 Å². The van der Waals surface area contributed by atoms with Gasteiger partial charge in [-0.05, 0) is 51.3 Å². The van der Waals surface area contributed by atoms with Gasteiger partial charge in [0.25, 0.3) is 0 Å². The van der Waals surface area contributed by atoms with Crippen molar-refractivity contribution in [3.8, 4) is 11.6 Å². The Bertz CT molecular complexity index is 868. The van der Waals surface area contributed by atoms with E-state index in [1.807, 2.05) is 32.2 Å². The first-order chi connectivity index (χ1) is 15.5. The summed E-state index contributed by atoms with van der Waals surface area (Å²) in [5.74, 6) is 2.78. The lowest BCUT2D eigenvalue weighted by Gasteiger charge is -2.17. The molecule has 33 heavy (non-hydrogen) atoms. The quantitative estimate of drug-likeness (QED) is 0.251. The van der Waals surface area contributed by atoms with Crippen molar-refractivity contribution in [1.29, 1.82) is 0 Å². The standard InChI is InChI=1S/C25H36N4O3.HI/c1-5-26-25(28-14-20-7-9-24(27-13-20)32-18(2)3)29-15-22-8-6-19(4)12-23(22)31-17-21-10-11-30-16-21;/h6-9,12-13,18,21H,5,10-11,14-17H2,1-4H3,(H2,26,28,29);1H. The Morgan fingerprint density at radius 3 is 2.76 bits per heavy atom. The van der Waals surface area contributed by atoms with Gasteiger partial charge in [-0.1, -0.05) is 18.2 Å². The smallest absolute Gasteiger partial charge is 0.213 e. The summed E-state index contributed by atoms with van der Waals surface area (Å²) in [4.78, 5) is 9.05. The number of ether oxygens (including phenoxy) is 3. The highest BCUT2D eigenvalue weighted by Gasteiger charge is 2.17. The molecule has 182 valence electrons. The fraction of sp³-hybridized carbons (Fsp3) is 0.520. The number of pyridine rings is 1. The Balaban J connectivity index is 0.00000385. The first-order valence-corrected chi connectivity index (χ1v) is 11.5. The van der Waals surface area contributed by atoms with Crippen LogP contribution in [0.3, 0.4) is 0 Å². The van der Waals surface area contributed by atoms with Gasteiger partial charge in [-0.25, -0.2) is 9.98 Å². The maximum Gasteiger partial charge on any atom is 0.213 e. The van der Waals surface area contributed by atoms with Gasteiger partial charge in [-0.15, -0.1) is 24.0 Å². The molecular weight excluding hydrogens is 531 g/mol. The number of aromatic nitrogens is 1. The van der Waals surface area contributed by atoms with E-state index in [-0.39, 0.29) is 30.1 Å². The molecule has 1 unspecified atom stereocenters. The molecule has 2 heterocycles. The second-order valence-corrected chi connectivity index (χ2v) is 8.37. The normalized spacial score (nSPS) is 15.8. The molecule has 1 aromatic carbocycles. The maximum absolute atomic E-state index is 6.16. The summed E-state index contributed by atoms with van der Waals surface area (Å²) >= 11 is 0. The minimum atomic E-state index is 0. The monoisotopic (exact) mass is 568 g/mol. The summed E-state index contributed by atoms with van der Waals surface area (Å²) in [5.41, 5.74) is 3.32. The van der Waals surface area contributed by atoms with E-state index in [4.69, 9.17) is 19.2 Å². The van der Waals surface area contributed by atoms with Gasteiger partial charge in [0.2, 0.25) is 5.88 Å². The Kier molecular flexibility index (Phi) is 11.7. The summed E-state index contributed by atoms with van der Waals surface area (Å²) in [6.07, 6.45) is 2.98. The van der Waals surface area contributed by atoms with Crippen LogP contribution in [0.5, 0.6) is 11.6 Å². The summed E-state index contributed by atoms with van der Waals surface area (Å²) in [5, 5.41) is 6.73. The molecule has 0 radical (unpaired) electrons. The number of guanidine groups is 1. The molecule has 0 saturated carbocycles. The fourth-order valence-electron chi connectivity index (χ4n) is 3.37. The molecule has 0 amide bonds. The van der Waals surface area contributed by atoms with Gasteiger partial charge in [0.1, 0.15) is 5.75 Å². The molecule has 1 aliphatic heterocycles.